The molecule has 0 saturated heterocycles. The number of rotatable bonds is 7. The molecule has 11 heteroatoms. The Hall–Kier alpha value is -4.02. The summed E-state index contributed by atoms with van der Waals surface area (Å²) >= 11 is 0. The van der Waals surface area contributed by atoms with Gasteiger partial charge in [-0.3, -0.25) is 4.79 Å². The minimum absolute atomic E-state index is 0.0650. The van der Waals surface area contributed by atoms with Gasteiger partial charge in [0.2, 0.25) is 0 Å². The van der Waals surface area contributed by atoms with Gasteiger partial charge in [0.05, 0.1) is 30.3 Å². The highest BCUT2D eigenvalue weighted by atomic mass is 16.6. The van der Waals surface area contributed by atoms with Gasteiger partial charge in [-0.05, 0) is 30.9 Å². The Kier molecular flexibility index (Phi) is 5.67. The number of carbonyl (C=O) groups is 2. The minimum Gasteiger partial charge on any atom is -0.462 e. The van der Waals surface area contributed by atoms with Crippen molar-refractivity contribution in [2.75, 3.05) is 11.9 Å². The Balaban J connectivity index is 1.92. The monoisotopic (exact) mass is 398 g/mol. The molecule has 2 aromatic heterocycles. The van der Waals surface area contributed by atoms with Crippen LogP contribution in [-0.4, -0.2) is 43.0 Å². The van der Waals surface area contributed by atoms with Crippen LogP contribution in [0.3, 0.4) is 0 Å². The zero-order valence-corrected chi connectivity index (χ0v) is 15.7. The molecule has 1 aromatic carbocycles. The summed E-state index contributed by atoms with van der Waals surface area (Å²) in [7, 11) is 0. The lowest BCUT2D eigenvalue weighted by Crippen LogP contribution is -2.23. The predicted molar refractivity (Wildman–Crippen MR) is 102 cm³/mol. The summed E-state index contributed by atoms with van der Waals surface area (Å²) in [5.41, 5.74) is 1.08. The molecule has 2 heterocycles. The van der Waals surface area contributed by atoms with Gasteiger partial charge in [0.15, 0.2) is 12.4 Å². The first kappa shape index (κ1) is 19.7. The van der Waals surface area contributed by atoms with Crippen LogP contribution in [0.25, 0.3) is 5.69 Å². The molecule has 0 saturated carbocycles. The van der Waals surface area contributed by atoms with Crippen molar-refractivity contribution in [3.05, 3.63) is 64.0 Å². The number of ether oxygens (including phenoxy) is 1. The summed E-state index contributed by atoms with van der Waals surface area (Å²) in [6.45, 7) is 3.00. The Morgan fingerprint density at radius 3 is 2.66 bits per heavy atom. The van der Waals surface area contributed by atoms with E-state index < -0.39 is 23.3 Å². The highest BCUT2D eigenvalue weighted by Gasteiger charge is 2.24. The number of hydrogen-bond acceptors (Lipinski definition) is 7. The van der Waals surface area contributed by atoms with Crippen molar-refractivity contribution in [2.24, 2.45) is 0 Å². The SMILES string of the molecule is CCOC(=O)c1cnn(-c2ccccc2)c1NC(=O)Cn1nc(C)cc1[N+](=O)[O-]. The average molecular weight is 398 g/mol. The Bertz CT molecular complexity index is 1060. The summed E-state index contributed by atoms with van der Waals surface area (Å²) < 4.78 is 7.39. The number of para-hydroxylation sites is 1. The number of aryl methyl sites for hydroxylation is 1. The predicted octanol–water partition coefficient (Wildman–Crippen LogP) is 2.10. The summed E-state index contributed by atoms with van der Waals surface area (Å²) in [6, 6.07) is 10.1. The number of amides is 1. The zero-order chi connectivity index (χ0) is 21.0. The van der Waals surface area contributed by atoms with Gasteiger partial charge in [0.1, 0.15) is 5.56 Å². The lowest BCUT2D eigenvalue weighted by atomic mass is 10.3. The van der Waals surface area contributed by atoms with E-state index in [9.17, 15) is 19.7 Å². The van der Waals surface area contributed by atoms with Gasteiger partial charge in [-0.15, -0.1) is 4.68 Å². The summed E-state index contributed by atoms with van der Waals surface area (Å²) in [5, 5.41) is 21.9. The highest BCUT2D eigenvalue weighted by molar-refractivity contribution is 6.00. The maximum Gasteiger partial charge on any atom is 0.345 e. The van der Waals surface area contributed by atoms with Crippen LogP contribution >= 0.6 is 0 Å². The minimum atomic E-state index is -0.647. The molecule has 0 spiro atoms. The lowest BCUT2D eigenvalue weighted by Gasteiger charge is -2.10. The fourth-order valence-corrected chi connectivity index (χ4v) is 2.69. The van der Waals surface area contributed by atoms with Crippen molar-refractivity contribution in [1.82, 2.24) is 19.6 Å². The molecule has 0 radical (unpaired) electrons. The van der Waals surface area contributed by atoms with E-state index in [0.717, 1.165) is 4.68 Å². The van der Waals surface area contributed by atoms with Gasteiger partial charge in [-0.25, -0.2) is 9.48 Å². The molecule has 11 nitrogen and oxygen atoms in total. The number of esters is 1. The molecule has 0 bridgehead atoms. The van der Waals surface area contributed by atoms with Gasteiger partial charge in [0.25, 0.3) is 5.91 Å². The van der Waals surface area contributed by atoms with Gasteiger partial charge in [0, 0.05) is 0 Å². The zero-order valence-electron chi connectivity index (χ0n) is 15.7. The molecule has 3 aromatic rings. The second-order valence-corrected chi connectivity index (χ2v) is 5.98. The Labute approximate surface area is 165 Å². The first-order chi connectivity index (χ1) is 13.9. The number of nitro groups is 1. The topological polar surface area (TPSA) is 134 Å². The molecule has 1 amide bonds. The van der Waals surface area contributed by atoms with Crippen LogP contribution in [-0.2, 0) is 16.1 Å². The van der Waals surface area contributed by atoms with E-state index in [1.807, 2.05) is 6.07 Å². The third kappa shape index (κ3) is 4.29. The Morgan fingerprint density at radius 1 is 1.28 bits per heavy atom. The standard InChI is InChI=1S/C18H18N6O5/c1-3-29-18(26)14-10-19-23(13-7-5-4-6-8-13)17(14)20-15(25)11-22-16(24(27)28)9-12(2)21-22/h4-10H,3,11H2,1-2H3,(H,20,25). The molecule has 0 aliphatic rings. The second-order valence-electron chi connectivity index (χ2n) is 5.98. The number of carbonyl (C=O) groups excluding carboxylic acids is 2. The smallest absolute Gasteiger partial charge is 0.345 e. The van der Waals surface area contributed by atoms with Crippen LogP contribution in [0.5, 0.6) is 0 Å². The number of nitrogens with one attached hydrogen (secondary N) is 1. The molecule has 0 unspecified atom stereocenters. The molecule has 0 atom stereocenters. The molecular weight excluding hydrogens is 380 g/mol. The average Bonchev–Trinajstić information content (AvgIpc) is 3.26. The van der Waals surface area contributed by atoms with Gasteiger partial charge >= 0.3 is 11.8 Å². The number of anilines is 1. The van der Waals surface area contributed by atoms with E-state index in [2.05, 4.69) is 15.5 Å². The van der Waals surface area contributed by atoms with E-state index in [0.29, 0.717) is 11.4 Å². The molecule has 0 fully saturated rings. The number of hydrogen-bond donors (Lipinski definition) is 1. The van der Waals surface area contributed by atoms with Gasteiger partial charge < -0.3 is 20.2 Å². The number of nitrogens with zero attached hydrogens (tertiary/aromatic N) is 5. The van der Waals surface area contributed by atoms with Crippen LogP contribution in [0, 0.1) is 17.0 Å². The summed E-state index contributed by atoms with van der Waals surface area (Å²) in [5.74, 6) is -1.46. The van der Waals surface area contributed by atoms with Gasteiger partial charge in [-0.2, -0.15) is 5.10 Å². The third-order valence-electron chi connectivity index (χ3n) is 3.88. The molecule has 1 N–H and O–H groups in total. The van der Waals surface area contributed by atoms with E-state index in [4.69, 9.17) is 4.74 Å². The van der Waals surface area contributed by atoms with Crippen molar-refractivity contribution < 1.29 is 19.2 Å². The molecule has 29 heavy (non-hydrogen) atoms. The summed E-state index contributed by atoms with van der Waals surface area (Å²) in [6.07, 6.45) is 1.29. The largest absolute Gasteiger partial charge is 0.462 e. The van der Waals surface area contributed by atoms with Crippen LogP contribution in [0.1, 0.15) is 23.0 Å². The fraction of sp³-hybridized carbons (Fsp3) is 0.222. The van der Waals surface area contributed by atoms with E-state index in [-0.39, 0.29) is 23.8 Å². The fourth-order valence-electron chi connectivity index (χ4n) is 2.69. The first-order valence-corrected chi connectivity index (χ1v) is 8.70. The first-order valence-electron chi connectivity index (χ1n) is 8.70. The quantitative estimate of drug-likeness (QED) is 0.366. The number of benzene rings is 1. The molecular formula is C18H18N6O5. The van der Waals surface area contributed by atoms with Crippen molar-refractivity contribution in [3.8, 4) is 5.69 Å². The molecule has 150 valence electrons. The van der Waals surface area contributed by atoms with Crippen molar-refractivity contribution in [3.63, 3.8) is 0 Å². The lowest BCUT2D eigenvalue weighted by molar-refractivity contribution is -0.392. The van der Waals surface area contributed by atoms with E-state index >= 15 is 0 Å². The van der Waals surface area contributed by atoms with Crippen molar-refractivity contribution in [1.29, 1.82) is 0 Å². The van der Waals surface area contributed by atoms with E-state index in [1.54, 1.807) is 38.1 Å². The van der Waals surface area contributed by atoms with Gasteiger partial charge in [-0.1, -0.05) is 23.3 Å². The van der Waals surface area contributed by atoms with Crippen molar-refractivity contribution >= 4 is 23.5 Å². The number of aromatic nitrogens is 4. The maximum atomic E-state index is 12.6. The molecule has 0 aliphatic carbocycles. The van der Waals surface area contributed by atoms with Crippen LogP contribution in [0.4, 0.5) is 11.6 Å². The van der Waals surface area contributed by atoms with E-state index in [1.165, 1.54) is 16.9 Å². The van der Waals surface area contributed by atoms with Crippen molar-refractivity contribution in [2.45, 2.75) is 20.4 Å². The molecule has 0 aliphatic heterocycles. The summed E-state index contributed by atoms with van der Waals surface area (Å²) in [4.78, 5) is 35.4. The molecule has 3 rings (SSSR count). The van der Waals surface area contributed by atoms with Crippen LogP contribution in [0.15, 0.2) is 42.6 Å². The normalized spacial score (nSPS) is 10.6. The second kappa shape index (κ2) is 8.33. The third-order valence-corrected chi connectivity index (χ3v) is 3.88. The maximum absolute atomic E-state index is 12.6. The highest BCUT2D eigenvalue weighted by Crippen LogP contribution is 2.22. The van der Waals surface area contributed by atoms with Crippen LogP contribution in [0.2, 0.25) is 0 Å². The van der Waals surface area contributed by atoms with Crippen LogP contribution < -0.4 is 5.32 Å². The Morgan fingerprint density at radius 2 is 2.00 bits per heavy atom.